The van der Waals surface area contributed by atoms with Crippen LogP contribution in [0, 0.1) is 13.0 Å². The molecule has 1 aliphatic rings. The summed E-state index contributed by atoms with van der Waals surface area (Å²) in [5.74, 6) is 0.0674. The fourth-order valence-electron chi connectivity index (χ4n) is 2.43. The highest BCUT2D eigenvalue weighted by molar-refractivity contribution is 14.1. The van der Waals surface area contributed by atoms with Gasteiger partial charge in [-0.2, -0.15) is 0 Å². The molecule has 0 atom stereocenters. The van der Waals surface area contributed by atoms with Crippen molar-refractivity contribution in [1.29, 1.82) is 0 Å². The first-order valence-corrected chi connectivity index (χ1v) is 10.9. The van der Waals surface area contributed by atoms with E-state index in [1.807, 2.05) is 19.1 Å². The maximum absolute atomic E-state index is 13.5. The smallest absolute Gasteiger partial charge is 0.270 e. The van der Waals surface area contributed by atoms with Crippen LogP contribution < -0.4 is 9.64 Å². The first-order valence-electron chi connectivity index (χ1n) is 7.56. The van der Waals surface area contributed by atoms with Crippen molar-refractivity contribution in [1.82, 2.24) is 0 Å². The molecule has 8 heteroatoms. The summed E-state index contributed by atoms with van der Waals surface area (Å²) in [5, 5.41) is 0. The summed E-state index contributed by atoms with van der Waals surface area (Å²) < 4.78 is 21.7. The third-order valence-electron chi connectivity index (χ3n) is 3.47. The molecule has 1 aliphatic heterocycles. The molecule has 0 saturated carbocycles. The Morgan fingerprint density at radius 1 is 1.31 bits per heavy atom. The van der Waals surface area contributed by atoms with Crippen LogP contribution in [-0.2, 0) is 4.79 Å². The van der Waals surface area contributed by atoms with Gasteiger partial charge in [0.1, 0.15) is 11.6 Å². The molecule has 2 aromatic rings. The Labute approximate surface area is 187 Å². The third-order valence-corrected chi connectivity index (χ3v) is 6.20. The first-order chi connectivity index (χ1) is 12.4. The van der Waals surface area contributed by atoms with Gasteiger partial charge in [0.05, 0.1) is 20.8 Å². The predicted molar refractivity (Wildman–Crippen MR) is 125 cm³/mol. The molecule has 1 amide bonds. The van der Waals surface area contributed by atoms with Gasteiger partial charge < -0.3 is 4.74 Å². The number of thiocarbonyl (C=S) groups is 1. The average Bonchev–Trinajstić information content (AvgIpc) is 2.84. The Morgan fingerprint density at radius 2 is 2.08 bits per heavy atom. The summed E-state index contributed by atoms with van der Waals surface area (Å²) in [4.78, 5) is 14.7. The van der Waals surface area contributed by atoms with Gasteiger partial charge in [-0.1, -0.05) is 30.0 Å². The topological polar surface area (TPSA) is 29.5 Å². The molecular weight excluding hydrogens is 599 g/mol. The highest BCUT2D eigenvalue weighted by atomic mass is 127. The van der Waals surface area contributed by atoms with Crippen LogP contribution in [-0.4, -0.2) is 16.8 Å². The number of ether oxygens (including phenoxy) is 1. The molecule has 1 fully saturated rings. The molecule has 0 N–H and O–H groups in total. The minimum atomic E-state index is -0.411. The number of hydrogen-bond donors (Lipinski definition) is 0. The van der Waals surface area contributed by atoms with Crippen LogP contribution in [0.5, 0.6) is 5.75 Å². The number of thioether (sulfide) groups is 1. The maximum Gasteiger partial charge on any atom is 0.270 e. The number of carbonyl (C=O) groups excluding carboxylic acids is 1. The molecule has 0 aliphatic carbocycles. The highest BCUT2D eigenvalue weighted by Crippen LogP contribution is 2.38. The summed E-state index contributed by atoms with van der Waals surface area (Å²) in [6.07, 6.45) is 1.79. The van der Waals surface area contributed by atoms with E-state index in [9.17, 15) is 9.18 Å². The van der Waals surface area contributed by atoms with Crippen LogP contribution in [0.1, 0.15) is 12.5 Å². The van der Waals surface area contributed by atoms with E-state index in [1.54, 1.807) is 18.2 Å². The molecule has 1 saturated heterocycles. The number of amides is 1. The molecule has 0 radical (unpaired) electrons. The largest absolute Gasteiger partial charge is 0.492 e. The Balaban J connectivity index is 2.01. The van der Waals surface area contributed by atoms with Crippen molar-refractivity contribution in [3.63, 3.8) is 0 Å². The van der Waals surface area contributed by atoms with Crippen molar-refractivity contribution in [2.75, 3.05) is 11.5 Å². The SMILES string of the molecule is CCOc1c(I)cc(I)cc1/C=C1\SC(=S)N(c2cccc(F)c2)C1=O. The molecule has 26 heavy (non-hydrogen) atoms. The lowest BCUT2D eigenvalue weighted by molar-refractivity contribution is -0.113. The Kier molecular flexibility index (Phi) is 6.57. The summed E-state index contributed by atoms with van der Waals surface area (Å²) in [6, 6.07) is 9.83. The van der Waals surface area contributed by atoms with Gasteiger partial charge in [-0.3, -0.25) is 9.69 Å². The molecule has 3 rings (SSSR count). The second kappa shape index (κ2) is 8.53. The number of anilines is 1. The molecule has 3 nitrogen and oxygen atoms in total. The standard InChI is InChI=1S/C18H12FI2NO2S2/c1-2-24-16-10(6-12(20)9-14(16)21)7-15-17(23)22(18(25)26-15)13-5-3-4-11(19)8-13/h3-9H,2H2,1H3/b15-7-. The maximum atomic E-state index is 13.5. The van der Waals surface area contributed by atoms with Gasteiger partial charge >= 0.3 is 0 Å². The zero-order chi connectivity index (χ0) is 18.8. The lowest BCUT2D eigenvalue weighted by Crippen LogP contribution is -2.27. The predicted octanol–water partition coefficient (Wildman–Crippen LogP) is 5.84. The lowest BCUT2D eigenvalue weighted by atomic mass is 10.2. The van der Waals surface area contributed by atoms with Crippen LogP contribution in [0.15, 0.2) is 41.3 Å². The van der Waals surface area contributed by atoms with E-state index in [1.165, 1.54) is 28.8 Å². The van der Waals surface area contributed by atoms with Crippen molar-refractivity contribution < 1.29 is 13.9 Å². The monoisotopic (exact) mass is 611 g/mol. The number of carbonyl (C=O) groups is 1. The summed E-state index contributed by atoms with van der Waals surface area (Å²) in [5.41, 5.74) is 1.25. The number of halogens is 3. The van der Waals surface area contributed by atoms with E-state index in [0.717, 1.165) is 18.5 Å². The van der Waals surface area contributed by atoms with Gasteiger partial charge in [-0.15, -0.1) is 0 Å². The van der Waals surface area contributed by atoms with Gasteiger partial charge in [0.25, 0.3) is 5.91 Å². The van der Waals surface area contributed by atoms with E-state index < -0.39 is 5.82 Å². The summed E-state index contributed by atoms with van der Waals surface area (Å²) >= 11 is 11.0. The van der Waals surface area contributed by atoms with E-state index in [0.29, 0.717) is 21.5 Å². The van der Waals surface area contributed by atoms with Crippen LogP contribution >= 0.6 is 69.2 Å². The third kappa shape index (κ3) is 4.23. The van der Waals surface area contributed by atoms with Gasteiger partial charge in [0.15, 0.2) is 4.32 Å². The van der Waals surface area contributed by atoms with E-state index in [2.05, 4.69) is 45.2 Å². The normalized spacial score (nSPS) is 15.8. The minimum Gasteiger partial charge on any atom is -0.492 e. The van der Waals surface area contributed by atoms with Crippen LogP contribution in [0.4, 0.5) is 10.1 Å². The number of nitrogens with zero attached hydrogens (tertiary/aromatic N) is 1. The van der Waals surface area contributed by atoms with Gasteiger partial charge in [-0.05, 0) is 88.5 Å². The molecular formula is C18H12FI2NO2S2. The van der Waals surface area contributed by atoms with Crippen molar-refractivity contribution in [3.8, 4) is 5.75 Å². The van der Waals surface area contributed by atoms with Gasteiger partial charge in [-0.25, -0.2) is 4.39 Å². The minimum absolute atomic E-state index is 0.262. The molecule has 0 aromatic heterocycles. The molecule has 0 bridgehead atoms. The lowest BCUT2D eigenvalue weighted by Gasteiger charge is -2.14. The average molecular weight is 611 g/mol. The van der Waals surface area contributed by atoms with Crippen molar-refractivity contribution in [3.05, 3.63) is 59.8 Å². The van der Waals surface area contributed by atoms with E-state index >= 15 is 0 Å². The van der Waals surface area contributed by atoms with Crippen LogP contribution in [0.3, 0.4) is 0 Å². The Morgan fingerprint density at radius 3 is 2.77 bits per heavy atom. The highest BCUT2D eigenvalue weighted by Gasteiger charge is 2.33. The Hall–Kier alpha value is -0.720. The molecule has 2 aromatic carbocycles. The second-order valence-electron chi connectivity index (χ2n) is 5.24. The van der Waals surface area contributed by atoms with Crippen molar-refractivity contribution in [2.24, 2.45) is 0 Å². The Bertz CT molecular complexity index is 933. The number of hydrogen-bond acceptors (Lipinski definition) is 4. The fourth-order valence-corrected chi connectivity index (χ4v) is 5.77. The van der Waals surface area contributed by atoms with E-state index in [-0.39, 0.29) is 5.91 Å². The van der Waals surface area contributed by atoms with Crippen LogP contribution in [0.2, 0.25) is 0 Å². The zero-order valence-corrected chi connectivity index (χ0v) is 19.4. The van der Waals surface area contributed by atoms with Crippen molar-refractivity contribution in [2.45, 2.75) is 6.92 Å². The zero-order valence-electron chi connectivity index (χ0n) is 13.5. The van der Waals surface area contributed by atoms with Gasteiger partial charge in [0, 0.05) is 9.13 Å². The number of rotatable bonds is 4. The summed E-state index contributed by atoms with van der Waals surface area (Å²) in [7, 11) is 0. The molecule has 0 unspecified atom stereocenters. The fraction of sp³-hybridized carbons (Fsp3) is 0.111. The quantitative estimate of drug-likeness (QED) is 0.247. The van der Waals surface area contributed by atoms with Crippen molar-refractivity contribution >= 4 is 91.2 Å². The molecule has 134 valence electrons. The van der Waals surface area contributed by atoms with Crippen LogP contribution in [0.25, 0.3) is 6.08 Å². The summed E-state index contributed by atoms with van der Waals surface area (Å²) in [6.45, 7) is 2.45. The molecule has 0 spiro atoms. The van der Waals surface area contributed by atoms with Gasteiger partial charge in [0.2, 0.25) is 0 Å². The molecule has 1 heterocycles. The first kappa shape index (κ1) is 20.0. The van der Waals surface area contributed by atoms with E-state index in [4.69, 9.17) is 17.0 Å². The second-order valence-corrected chi connectivity index (χ2v) is 9.32. The number of benzene rings is 2.